The minimum Gasteiger partial charge on any atom is -0.481 e. The first-order valence-electron chi connectivity index (χ1n) is 10.2. The molecule has 0 aliphatic carbocycles. The summed E-state index contributed by atoms with van der Waals surface area (Å²) in [4.78, 5) is 30.0. The van der Waals surface area contributed by atoms with Crippen molar-refractivity contribution in [2.75, 3.05) is 13.1 Å². The van der Waals surface area contributed by atoms with Gasteiger partial charge < -0.3 is 14.6 Å². The average Bonchev–Trinajstić information content (AvgIpc) is 3.39. The highest BCUT2D eigenvalue weighted by molar-refractivity contribution is 5.77. The number of imidazole rings is 1. The molecule has 0 radical (unpaired) electrons. The van der Waals surface area contributed by atoms with Crippen molar-refractivity contribution in [3.63, 3.8) is 0 Å². The third-order valence-electron chi connectivity index (χ3n) is 5.59. The fourth-order valence-electron chi connectivity index (χ4n) is 4.06. The molecule has 0 spiro atoms. The van der Waals surface area contributed by atoms with E-state index in [1.54, 1.807) is 6.20 Å². The zero-order chi connectivity index (χ0) is 20.9. The van der Waals surface area contributed by atoms with Crippen molar-refractivity contribution in [3.05, 3.63) is 78.1 Å². The lowest BCUT2D eigenvalue weighted by atomic mass is 9.97. The fraction of sp³-hybridized carbons (Fsp3) is 0.292. The maximum atomic E-state index is 12.9. The summed E-state index contributed by atoms with van der Waals surface area (Å²) < 4.78 is 1.91. The minimum absolute atomic E-state index is 0.0468. The number of likely N-dealkylation sites (tertiary alicyclic amines) is 1. The SMILES string of the molecule is O=C(O)Cc1ccc(CC2CCN(C(=O)Cn3ccnc3-c3ccccc3)C2)cc1. The summed E-state index contributed by atoms with van der Waals surface area (Å²) in [7, 11) is 0. The van der Waals surface area contributed by atoms with Crippen molar-refractivity contribution >= 4 is 11.9 Å². The van der Waals surface area contributed by atoms with Crippen molar-refractivity contribution in [3.8, 4) is 11.4 Å². The van der Waals surface area contributed by atoms with E-state index in [0.717, 1.165) is 42.9 Å². The van der Waals surface area contributed by atoms with Gasteiger partial charge in [-0.1, -0.05) is 54.6 Å². The number of amides is 1. The van der Waals surface area contributed by atoms with Gasteiger partial charge in [-0.05, 0) is 29.9 Å². The van der Waals surface area contributed by atoms with Crippen LogP contribution in [0.2, 0.25) is 0 Å². The molecule has 6 nitrogen and oxygen atoms in total. The Morgan fingerprint density at radius 1 is 1.03 bits per heavy atom. The summed E-state index contributed by atoms with van der Waals surface area (Å²) >= 11 is 0. The Labute approximate surface area is 175 Å². The van der Waals surface area contributed by atoms with Crippen LogP contribution in [0.3, 0.4) is 0 Å². The summed E-state index contributed by atoms with van der Waals surface area (Å²) in [5.41, 5.74) is 2.99. The van der Waals surface area contributed by atoms with Crippen molar-refractivity contribution in [2.45, 2.75) is 25.8 Å². The number of aliphatic carboxylic acids is 1. The van der Waals surface area contributed by atoms with Gasteiger partial charge in [0.25, 0.3) is 0 Å². The molecule has 1 aliphatic rings. The lowest BCUT2D eigenvalue weighted by Crippen LogP contribution is -2.32. The standard InChI is InChI=1S/C24H25N3O3/c28-22(17-27-13-11-25-24(27)21-4-2-1-3-5-21)26-12-10-20(16-26)14-18-6-8-19(9-7-18)15-23(29)30/h1-9,11,13,20H,10,12,14-17H2,(H,29,30). The van der Waals surface area contributed by atoms with E-state index in [1.165, 1.54) is 5.56 Å². The lowest BCUT2D eigenvalue weighted by molar-refractivity contribution is -0.136. The number of rotatable bonds is 7. The Balaban J connectivity index is 1.33. The van der Waals surface area contributed by atoms with Gasteiger partial charge in [0, 0.05) is 31.0 Å². The number of carbonyl (C=O) groups is 2. The lowest BCUT2D eigenvalue weighted by Gasteiger charge is -2.18. The Hall–Kier alpha value is -3.41. The molecule has 0 saturated carbocycles. The number of aromatic nitrogens is 2. The fourth-order valence-corrected chi connectivity index (χ4v) is 4.06. The molecule has 1 aromatic heterocycles. The highest BCUT2D eigenvalue weighted by Crippen LogP contribution is 2.23. The van der Waals surface area contributed by atoms with Crippen LogP contribution < -0.4 is 0 Å². The normalized spacial score (nSPS) is 16.0. The highest BCUT2D eigenvalue weighted by atomic mass is 16.4. The predicted octanol–water partition coefficient (Wildman–Crippen LogP) is 3.27. The van der Waals surface area contributed by atoms with Crippen LogP contribution in [0.5, 0.6) is 0 Å². The molecule has 30 heavy (non-hydrogen) atoms. The Morgan fingerprint density at radius 3 is 2.50 bits per heavy atom. The first kappa shape index (κ1) is 19.9. The maximum Gasteiger partial charge on any atom is 0.307 e. The zero-order valence-corrected chi connectivity index (χ0v) is 16.8. The second-order valence-corrected chi connectivity index (χ2v) is 7.83. The number of carboxylic acid groups (broad SMARTS) is 1. The van der Waals surface area contributed by atoms with Crippen LogP contribution in [0, 0.1) is 5.92 Å². The van der Waals surface area contributed by atoms with Crippen molar-refractivity contribution in [1.29, 1.82) is 0 Å². The molecule has 1 atom stereocenters. The van der Waals surface area contributed by atoms with E-state index in [2.05, 4.69) is 4.98 Å². The van der Waals surface area contributed by atoms with Crippen LogP contribution in [0.15, 0.2) is 67.0 Å². The third kappa shape index (κ3) is 4.76. The first-order valence-corrected chi connectivity index (χ1v) is 10.2. The molecule has 4 rings (SSSR count). The van der Waals surface area contributed by atoms with Gasteiger partial charge in [0.05, 0.1) is 6.42 Å². The number of benzene rings is 2. The largest absolute Gasteiger partial charge is 0.481 e. The molecular weight excluding hydrogens is 378 g/mol. The summed E-state index contributed by atoms with van der Waals surface area (Å²) in [5, 5.41) is 8.88. The molecule has 2 heterocycles. The summed E-state index contributed by atoms with van der Waals surface area (Å²) in [5.74, 6) is 0.530. The molecule has 0 bridgehead atoms. The molecule has 2 aromatic carbocycles. The predicted molar refractivity (Wildman–Crippen MR) is 114 cm³/mol. The highest BCUT2D eigenvalue weighted by Gasteiger charge is 2.26. The molecule has 1 saturated heterocycles. The second kappa shape index (κ2) is 8.95. The van der Waals surface area contributed by atoms with Gasteiger partial charge in [0.1, 0.15) is 12.4 Å². The number of hydrogen-bond donors (Lipinski definition) is 1. The summed E-state index contributed by atoms with van der Waals surface area (Å²) in [6.45, 7) is 1.82. The van der Waals surface area contributed by atoms with Crippen LogP contribution in [-0.4, -0.2) is 44.5 Å². The van der Waals surface area contributed by atoms with Gasteiger partial charge in [0.2, 0.25) is 5.91 Å². The molecule has 3 aromatic rings. The second-order valence-electron chi connectivity index (χ2n) is 7.83. The molecular formula is C24H25N3O3. The smallest absolute Gasteiger partial charge is 0.307 e. The van der Waals surface area contributed by atoms with Crippen molar-refractivity contribution in [1.82, 2.24) is 14.5 Å². The van der Waals surface area contributed by atoms with Crippen LogP contribution in [0.1, 0.15) is 17.5 Å². The Bertz CT molecular complexity index is 1010. The quantitative estimate of drug-likeness (QED) is 0.657. The molecule has 1 N–H and O–H groups in total. The summed E-state index contributed by atoms with van der Waals surface area (Å²) in [6, 6.07) is 17.7. The van der Waals surface area contributed by atoms with Crippen LogP contribution >= 0.6 is 0 Å². The van der Waals surface area contributed by atoms with E-state index >= 15 is 0 Å². The van der Waals surface area contributed by atoms with Gasteiger partial charge in [0.15, 0.2) is 0 Å². The Morgan fingerprint density at radius 2 is 1.77 bits per heavy atom. The molecule has 6 heteroatoms. The van der Waals surface area contributed by atoms with Gasteiger partial charge >= 0.3 is 5.97 Å². The van der Waals surface area contributed by atoms with Crippen LogP contribution in [0.25, 0.3) is 11.4 Å². The van der Waals surface area contributed by atoms with E-state index in [1.807, 2.05) is 70.3 Å². The first-order chi connectivity index (χ1) is 14.6. The van der Waals surface area contributed by atoms with E-state index in [-0.39, 0.29) is 12.3 Å². The maximum absolute atomic E-state index is 12.9. The average molecular weight is 403 g/mol. The van der Waals surface area contributed by atoms with E-state index in [4.69, 9.17) is 5.11 Å². The van der Waals surface area contributed by atoms with E-state index in [0.29, 0.717) is 12.5 Å². The molecule has 1 amide bonds. The van der Waals surface area contributed by atoms with Gasteiger partial charge in [-0.15, -0.1) is 0 Å². The van der Waals surface area contributed by atoms with Crippen molar-refractivity contribution in [2.24, 2.45) is 5.92 Å². The zero-order valence-electron chi connectivity index (χ0n) is 16.8. The van der Waals surface area contributed by atoms with Gasteiger partial charge in [-0.3, -0.25) is 9.59 Å². The van der Waals surface area contributed by atoms with Gasteiger partial charge in [-0.2, -0.15) is 0 Å². The molecule has 1 aliphatic heterocycles. The van der Waals surface area contributed by atoms with Gasteiger partial charge in [-0.25, -0.2) is 4.98 Å². The molecule has 1 unspecified atom stereocenters. The van der Waals surface area contributed by atoms with E-state index < -0.39 is 5.97 Å². The number of carbonyl (C=O) groups excluding carboxylic acids is 1. The topological polar surface area (TPSA) is 75.4 Å². The minimum atomic E-state index is -0.819. The third-order valence-corrected chi connectivity index (χ3v) is 5.59. The van der Waals surface area contributed by atoms with Crippen LogP contribution in [0.4, 0.5) is 0 Å². The molecule has 1 fully saturated rings. The molecule has 154 valence electrons. The van der Waals surface area contributed by atoms with E-state index in [9.17, 15) is 9.59 Å². The van der Waals surface area contributed by atoms with Crippen molar-refractivity contribution < 1.29 is 14.7 Å². The number of hydrogen-bond acceptors (Lipinski definition) is 3. The number of nitrogens with zero attached hydrogens (tertiary/aromatic N) is 3. The summed E-state index contributed by atoms with van der Waals surface area (Å²) in [6.07, 6.45) is 5.52. The van der Waals surface area contributed by atoms with Crippen LogP contribution in [-0.2, 0) is 29.0 Å². The Kier molecular flexibility index (Phi) is 5.93. The number of carboxylic acids is 1. The monoisotopic (exact) mass is 403 g/mol.